The first-order chi connectivity index (χ1) is 13.1. The Kier molecular flexibility index (Phi) is 6.87. The second kappa shape index (κ2) is 8.94. The number of allylic oxidation sites excluding steroid dienone is 2. The highest BCUT2D eigenvalue weighted by molar-refractivity contribution is 6.29. The summed E-state index contributed by atoms with van der Waals surface area (Å²) in [5, 5.41) is 13.0. The summed E-state index contributed by atoms with van der Waals surface area (Å²) in [5.74, 6) is -2.20. The van der Waals surface area contributed by atoms with Gasteiger partial charge in [0.2, 0.25) is 12.1 Å². The van der Waals surface area contributed by atoms with Crippen LogP contribution in [-0.2, 0) is 15.2 Å². The topological polar surface area (TPSA) is 84.3 Å². The average molecular weight is 406 g/mol. The molecule has 0 saturated heterocycles. The van der Waals surface area contributed by atoms with Gasteiger partial charge in [-0.1, -0.05) is 11.6 Å². The van der Waals surface area contributed by atoms with E-state index in [-0.39, 0.29) is 10.9 Å². The van der Waals surface area contributed by atoms with Gasteiger partial charge in [-0.25, -0.2) is 18.7 Å². The van der Waals surface area contributed by atoms with E-state index in [9.17, 15) is 18.7 Å². The van der Waals surface area contributed by atoms with Crippen LogP contribution in [0.2, 0.25) is 5.15 Å². The molecule has 0 spiro atoms. The number of aromatic nitrogens is 2. The van der Waals surface area contributed by atoms with Gasteiger partial charge < -0.3 is 15.2 Å². The van der Waals surface area contributed by atoms with Gasteiger partial charge >= 0.3 is 0 Å². The molecule has 0 aliphatic heterocycles. The lowest BCUT2D eigenvalue weighted by atomic mass is 9.90. The largest absolute Gasteiger partial charge is 0.466 e. The van der Waals surface area contributed by atoms with Crippen LogP contribution in [0, 0.1) is 18.6 Å². The second-order valence-electron chi connectivity index (χ2n) is 5.78. The normalized spacial score (nSPS) is 14.4. The predicted octanol–water partition coefficient (Wildman–Crippen LogP) is 2.70. The third-order valence-corrected chi connectivity index (χ3v) is 3.68. The molecular formula is C18H15BClF2N3O3. The van der Waals surface area contributed by atoms with Crippen molar-refractivity contribution in [3.8, 4) is 0 Å². The van der Waals surface area contributed by atoms with Gasteiger partial charge in [0.1, 0.15) is 22.4 Å². The number of carbonyl (C=O) groups is 1. The van der Waals surface area contributed by atoms with E-state index in [4.69, 9.17) is 24.2 Å². The molecule has 2 aromatic heterocycles. The van der Waals surface area contributed by atoms with Crippen molar-refractivity contribution < 1.29 is 23.4 Å². The zero-order valence-corrected chi connectivity index (χ0v) is 15.7. The van der Waals surface area contributed by atoms with Gasteiger partial charge in [0.15, 0.2) is 13.7 Å². The Hall–Kier alpha value is -2.78. The predicted molar refractivity (Wildman–Crippen MR) is 99.8 cm³/mol. The fraction of sp³-hybridized carbons (Fsp3) is 0.167. The molecule has 2 N–H and O–H groups in total. The Bertz CT molecular complexity index is 952. The van der Waals surface area contributed by atoms with Crippen LogP contribution in [0.4, 0.5) is 8.78 Å². The Labute approximate surface area is 166 Å². The van der Waals surface area contributed by atoms with E-state index < -0.39 is 23.0 Å². The molecule has 6 nitrogen and oxygen atoms in total. The number of nitrogens with one attached hydrogen (secondary N) is 1. The third-order valence-electron chi connectivity index (χ3n) is 3.48. The average Bonchev–Trinajstić information content (AvgIpc) is 2.57. The van der Waals surface area contributed by atoms with E-state index in [1.54, 1.807) is 13.8 Å². The summed E-state index contributed by atoms with van der Waals surface area (Å²) in [6.07, 6.45) is 5.42. The molecule has 0 saturated carbocycles. The molecule has 1 amide bonds. The summed E-state index contributed by atoms with van der Waals surface area (Å²) in [7, 11) is 5.67. The standard InChI is InChI=1S/C18H15BClF2N3O3/c1-10-7-23-16(20)5-12(10)4-14(3-11(2)25-9-26)28-18(19,27)17-15(22)6-13(21)8-24-17/h3-9,27H,1-2H3,(H,25,26)/b11-3-,14-4+. The minimum absolute atomic E-state index is 0.0623. The first kappa shape index (κ1) is 21.5. The summed E-state index contributed by atoms with van der Waals surface area (Å²) >= 11 is 5.90. The van der Waals surface area contributed by atoms with Gasteiger partial charge in [-0.3, -0.25) is 4.79 Å². The molecule has 0 aliphatic rings. The molecule has 2 aromatic rings. The monoisotopic (exact) mass is 405 g/mol. The molecule has 2 heterocycles. The van der Waals surface area contributed by atoms with Crippen LogP contribution in [0.25, 0.3) is 6.08 Å². The number of halogens is 3. The van der Waals surface area contributed by atoms with E-state index in [1.807, 2.05) is 0 Å². The maximum absolute atomic E-state index is 14.0. The van der Waals surface area contributed by atoms with Crippen LogP contribution < -0.4 is 5.32 Å². The van der Waals surface area contributed by atoms with Gasteiger partial charge in [-0.15, -0.1) is 0 Å². The fourth-order valence-corrected chi connectivity index (χ4v) is 2.34. The molecule has 28 heavy (non-hydrogen) atoms. The molecule has 1 atom stereocenters. The highest BCUT2D eigenvalue weighted by Crippen LogP contribution is 2.26. The molecule has 0 aliphatic carbocycles. The summed E-state index contributed by atoms with van der Waals surface area (Å²) < 4.78 is 32.4. The second-order valence-corrected chi connectivity index (χ2v) is 6.17. The SMILES string of the molecule is [B]C(O)(OC(/C=C(/C)NC=O)=C/c1cc(Cl)ncc1C)c1ncc(F)cc1F. The van der Waals surface area contributed by atoms with Crippen molar-refractivity contribution >= 4 is 31.9 Å². The van der Waals surface area contributed by atoms with Crippen LogP contribution in [0.5, 0.6) is 0 Å². The Morgan fingerprint density at radius 1 is 1.36 bits per heavy atom. The number of hydrogen-bond acceptors (Lipinski definition) is 5. The summed E-state index contributed by atoms with van der Waals surface area (Å²) in [4.78, 5) is 18.0. The van der Waals surface area contributed by atoms with E-state index in [0.717, 1.165) is 0 Å². The Morgan fingerprint density at radius 3 is 2.71 bits per heavy atom. The Morgan fingerprint density at radius 2 is 2.07 bits per heavy atom. The number of ether oxygens (including phenoxy) is 1. The van der Waals surface area contributed by atoms with Crippen molar-refractivity contribution in [2.45, 2.75) is 19.5 Å². The molecule has 2 rings (SSSR count). The number of amides is 1. The van der Waals surface area contributed by atoms with Crippen molar-refractivity contribution in [2.75, 3.05) is 0 Å². The Balaban J connectivity index is 2.49. The molecule has 0 bridgehead atoms. The number of aryl methyl sites for hydroxylation is 1. The van der Waals surface area contributed by atoms with Gasteiger partial charge in [-0.2, -0.15) is 0 Å². The van der Waals surface area contributed by atoms with Crippen molar-refractivity contribution in [3.63, 3.8) is 0 Å². The first-order valence-electron chi connectivity index (χ1n) is 7.86. The van der Waals surface area contributed by atoms with Gasteiger partial charge in [0.05, 0.1) is 6.20 Å². The minimum atomic E-state index is -2.73. The quantitative estimate of drug-likeness (QED) is 0.185. The number of aliphatic hydroxyl groups is 1. The number of nitrogens with zero attached hydrogens (tertiary/aromatic N) is 2. The minimum Gasteiger partial charge on any atom is -0.466 e. The van der Waals surface area contributed by atoms with Crippen LogP contribution >= 0.6 is 11.6 Å². The number of carbonyl (C=O) groups excluding carboxylic acids is 1. The third kappa shape index (κ3) is 5.61. The number of pyridine rings is 2. The molecule has 0 fully saturated rings. The van der Waals surface area contributed by atoms with Crippen molar-refractivity contribution in [1.82, 2.24) is 15.3 Å². The lowest BCUT2D eigenvalue weighted by Gasteiger charge is -2.26. The summed E-state index contributed by atoms with van der Waals surface area (Å²) in [6.45, 7) is 3.30. The highest BCUT2D eigenvalue weighted by atomic mass is 35.5. The molecule has 10 heteroatoms. The summed E-state index contributed by atoms with van der Waals surface area (Å²) in [6, 6.07) is 2.04. The molecular weight excluding hydrogens is 390 g/mol. The maximum Gasteiger partial charge on any atom is 0.211 e. The van der Waals surface area contributed by atoms with Crippen molar-refractivity contribution in [3.05, 3.63) is 75.7 Å². The zero-order chi connectivity index (χ0) is 20.9. The van der Waals surface area contributed by atoms with E-state index in [0.29, 0.717) is 35.5 Å². The first-order valence-corrected chi connectivity index (χ1v) is 8.24. The summed E-state index contributed by atoms with van der Waals surface area (Å²) in [5.41, 5.74) is -1.84. The fourth-order valence-electron chi connectivity index (χ4n) is 2.18. The molecule has 144 valence electrons. The van der Waals surface area contributed by atoms with E-state index in [1.165, 1.54) is 24.4 Å². The van der Waals surface area contributed by atoms with Gasteiger partial charge in [0.25, 0.3) is 0 Å². The lowest BCUT2D eigenvalue weighted by Crippen LogP contribution is -2.32. The van der Waals surface area contributed by atoms with Gasteiger partial charge in [0, 0.05) is 18.0 Å². The smallest absolute Gasteiger partial charge is 0.211 e. The van der Waals surface area contributed by atoms with E-state index in [2.05, 4.69) is 15.3 Å². The van der Waals surface area contributed by atoms with Crippen LogP contribution in [0.3, 0.4) is 0 Å². The van der Waals surface area contributed by atoms with E-state index >= 15 is 0 Å². The van der Waals surface area contributed by atoms with Crippen molar-refractivity contribution in [1.29, 1.82) is 0 Å². The molecule has 0 aromatic carbocycles. The highest BCUT2D eigenvalue weighted by Gasteiger charge is 2.31. The lowest BCUT2D eigenvalue weighted by molar-refractivity contribution is -0.114. The van der Waals surface area contributed by atoms with Crippen LogP contribution in [-0.4, -0.2) is 29.3 Å². The zero-order valence-electron chi connectivity index (χ0n) is 14.9. The van der Waals surface area contributed by atoms with Crippen molar-refractivity contribution in [2.24, 2.45) is 0 Å². The van der Waals surface area contributed by atoms with Crippen LogP contribution in [0.15, 0.2) is 42.1 Å². The number of rotatable bonds is 7. The maximum atomic E-state index is 14.0. The van der Waals surface area contributed by atoms with Gasteiger partial charge in [-0.05, 0) is 43.2 Å². The molecule has 1 unspecified atom stereocenters. The number of hydrogen-bond donors (Lipinski definition) is 2. The molecule has 2 radical (unpaired) electrons. The van der Waals surface area contributed by atoms with Crippen LogP contribution in [0.1, 0.15) is 23.7 Å².